The van der Waals surface area contributed by atoms with Crippen LogP contribution in [-0.2, 0) is 13.2 Å². The van der Waals surface area contributed by atoms with Crippen LogP contribution in [-0.4, -0.2) is 47.7 Å². The molecule has 0 unspecified atom stereocenters. The number of benzene rings is 1. The molecule has 100 valence electrons. The Hall–Kier alpha value is -0.550. The second-order valence-electron chi connectivity index (χ2n) is 4.61. The predicted molar refractivity (Wildman–Crippen MR) is 77.8 cm³/mol. The van der Waals surface area contributed by atoms with Gasteiger partial charge in [-0.2, -0.15) is 11.8 Å². The van der Waals surface area contributed by atoms with Crippen LogP contribution in [0.2, 0.25) is 0 Å². The van der Waals surface area contributed by atoms with Crippen LogP contribution in [0.5, 0.6) is 0 Å². The second kappa shape index (κ2) is 7.79. The Bertz CT molecular complexity index is 336. The molecule has 4 heteroatoms. The maximum atomic E-state index is 8.96. The average Bonchev–Trinajstić information content (AvgIpc) is 2.45. The molecule has 1 fully saturated rings. The van der Waals surface area contributed by atoms with E-state index >= 15 is 0 Å². The summed E-state index contributed by atoms with van der Waals surface area (Å²) >= 11 is 2.06. The molecule has 0 amide bonds. The Balaban J connectivity index is 1.62. The van der Waals surface area contributed by atoms with Crippen LogP contribution in [0.15, 0.2) is 24.3 Å². The fourth-order valence-corrected chi connectivity index (χ4v) is 3.04. The molecular weight excluding hydrogens is 244 g/mol. The SMILES string of the molecule is OCc1ccc(CNCCN2CCSCC2)cc1. The number of nitrogens with zero attached hydrogens (tertiary/aromatic N) is 1. The zero-order chi connectivity index (χ0) is 12.6. The molecule has 2 rings (SSSR count). The highest BCUT2D eigenvalue weighted by molar-refractivity contribution is 7.99. The minimum atomic E-state index is 0.126. The quantitative estimate of drug-likeness (QED) is 0.761. The maximum Gasteiger partial charge on any atom is 0.0681 e. The van der Waals surface area contributed by atoms with E-state index in [-0.39, 0.29) is 6.61 Å². The first kappa shape index (κ1) is 13.9. The van der Waals surface area contributed by atoms with Gasteiger partial charge in [-0.1, -0.05) is 24.3 Å². The largest absolute Gasteiger partial charge is 0.392 e. The van der Waals surface area contributed by atoms with E-state index in [0.717, 1.165) is 25.2 Å². The number of thioether (sulfide) groups is 1. The van der Waals surface area contributed by atoms with Crippen LogP contribution in [0.1, 0.15) is 11.1 Å². The van der Waals surface area contributed by atoms with E-state index in [1.807, 2.05) is 12.1 Å². The number of aliphatic hydroxyl groups is 1. The van der Waals surface area contributed by atoms with E-state index in [0.29, 0.717) is 0 Å². The van der Waals surface area contributed by atoms with Crippen molar-refractivity contribution in [2.24, 2.45) is 0 Å². The fraction of sp³-hybridized carbons (Fsp3) is 0.571. The molecule has 0 aromatic heterocycles. The number of hydrogen-bond acceptors (Lipinski definition) is 4. The van der Waals surface area contributed by atoms with Crippen molar-refractivity contribution in [3.63, 3.8) is 0 Å². The lowest BCUT2D eigenvalue weighted by atomic mass is 10.1. The van der Waals surface area contributed by atoms with Gasteiger partial charge in [-0.05, 0) is 11.1 Å². The summed E-state index contributed by atoms with van der Waals surface area (Å²) < 4.78 is 0. The van der Waals surface area contributed by atoms with E-state index < -0.39 is 0 Å². The number of rotatable bonds is 6. The Labute approximate surface area is 114 Å². The third kappa shape index (κ3) is 4.61. The van der Waals surface area contributed by atoms with Gasteiger partial charge in [0.05, 0.1) is 6.61 Å². The van der Waals surface area contributed by atoms with Gasteiger partial charge in [-0.3, -0.25) is 0 Å². The molecule has 1 aromatic carbocycles. The van der Waals surface area contributed by atoms with Gasteiger partial charge in [0.15, 0.2) is 0 Å². The van der Waals surface area contributed by atoms with Crippen LogP contribution in [0.3, 0.4) is 0 Å². The van der Waals surface area contributed by atoms with Crippen LogP contribution in [0.25, 0.3) is 0 Å². The molecule has 18 heavy (non-hydrogen) atoms. The van der Waals surface area contributed by atoms with E-state index in [1.54, 1.807) is 0 Å². The first-order valence-electron chi connectivity index (χ1n) is 6.58. The lowest BCUT2D eigenvalue weighted by Gasteiger charge is -2.26. The zero-order valence-electron chi connectivity index (χ0n) is 10.8. The van der Waals surface area contributed by atoms with E-state index in [4.69, 9.17) is 5.11 Å². The summed E-state index contributed by atoms with van der Waals surface area (Å²) in [6.07, 6.45) is 0. The zero-order valence-corrected chi connectivity index (χ0v) is 11.6. The monoisotopic (exact) mass is 266 g/mol. The highest BCUT2D eigenvalue weighted by atomic mass is 32.2. The topological polar surface area (TPSA) is 35.5 Å². The molecule has 0 radical (unpaired) electrons. The Morgan fingerprint density at radius 1 is 1.11 bits per heavy atom. The first-order valence-corrected chi connectivity index (χ1v) is 7.73. The highest BCUT2D eigenvalue weighted by Crippen LogP contribution is 2.08. The van der Waals surface area contributed by atoms with Gasteiger partial charge in [-0.25, -0.2) is 0 Å². The lowest BCUT2D eigenvalue weighted by Crippen LogP contribution is -2.37. The molecule has 0 bridgehead atoms. The van der Waals surface area contributed by atoms with Crippen molar-refractivity contribution in [1.29, 1.82) is 0 Å². The van der Waals surface area contributed by atoms with Crippen molar-refractivity contribution in [3.05, 3.63) is 35.4 Å². The van der Waals surface area contributed by atoms with Crippen molar-refractivity contribution >= 4 is 11.8 Å². The molecule has 1 aliphatic rings. The first-order chi connectivity index (χ1) is 8.88. The van der Waals surface area contributed by atoms with Gasteiger partial charge < -0.3 is 15.3 Å². The van der Waals surface area contributed by atoms with E-state index in [1.165, 1.54) is 30.2 Å². The van der Waals surface area contributed by atoms with Gasteiger partial charge in [0.25, 0.3) is 0 Å². The second-order valence-corrected chi connectivity index (χ2v) is 5.83. The summed E-state index contributed by atoms with van der Waals surface area (Å²) in [5.74, 6) is 2.56. The van der Waals surface area contributed by atoms with Gasteiger partial charge in [0.1, 0.15) is 0 Å². The van der Waals surface area contributed by atoms with Crippen LogP contribution in [0, 0.1) is 0 Å². The fourth-order valence-electron chi connectivity index (χ4n) is 2.06. The molecule has 1 saturated heterocycles. The third-order valence-corrected chi connectivity index (χ3v) is 4.19. The Kier molecular flexibility index (Phi) is 6.00. The van der Waals surface area contributed by atoms with E-state index in [2.05, 4.69) is 34.1 Å². The third-order valence-electron chi connectivity index (χ3n) is 3.24. The molecule has 0 saturated carbocycles. The van der Waals surface area contributed by atoms with Gasteiger partial charge >= 0.3 is 0 Å². The minimum Gasteiger partial charge on any atom is -0.392 e. The Morgan fingerprint density at radius 2 is 1.78 bits per heavy atom. The maximum absolute atomic E-state index is 8.96. The molecule has 1 heterocycles. The molecule has 0 atom stereocenters. The van der Waals surface area contributed by atoms with Crippen molar-refractivity contribution in [2.45, 2.75) is 13.2 Å². The van der Waals surface area contributed by atoms with Crippen LogP contribution < -0.4 is 5.32 Å². The molecule has 1 aliphatic heterocycles. The summed E-state index contributed by atoms with van der Waals surface area (Å²) in [6, 6.07) is 8.13. The van der Waals surface area contributed by atoms with Crippen molar-refractivity contribution in [2.75, 3.05) is 37.7 Å². The standard InChI is InChI=1S/C14H22N2OS/c17-12-14-3-1-13(2-4-14)11-15-5-6-16-7-9-18-10-8-16/h1-4,15,17H,5-12H2. The summed E-state index contributed by atoms with van der Waals surface area (Å²) in [7, 11) is 0. The smallest absolute Gasteiger partial charge is 0.0681 e. The van der Waals surface area contributed by atoms with Crippen molar-refractivity contribution < 1.29 is 5.11 Å². The van der Waals surface area contributed by atoms with Crippen LogP contribution >= 0.6 is 11.8 Å². The molecule has 0 aliphatic carbocycles. The Morgan fingerprint density at radius 3 is 2.44 bits per heavy atom. The highest BCUT2D eigenvalue weighted by Gasteiger charge is 2.08. The normalized spacial score (nSPS) is 16.9. The molecule has 2 N–H and O–H groups in total. The minimum absolute atomic E-state index is 0.126. The number of hydrogen-bond donors (Lipinski definition) is 2. The molecular formula is C14H22N2OS. The van der Waals surface area contributed by atoms with Crippen molar-refractivity contribution in [3.8, 4) is 0 Å². The van der Waals surface area contributed by atoms with Crippen LogP contribution in [0.4, 0.5) is 0 Å². The summed E-state index contributed by atoms with van der Waals surface area (Å²) in [5, 5.41) is 12.4. The molecule has 0 spiro atoms. The van der Waals surface area contributed by atoms with Gasteiger partial charge in [0, 0.05) is 44.2 Å². The average molecular weight is 266 g/mol. The number of aliphatic hydroxyl groups excluding tert-OH is 1. The molecule has 1 aromatic rings. The predicted octanol–water partition coefficient (Wildman–Crippen LogP) is 1.32. The summed E-state index contributed by atoms with van der Waals surface area (Å²) in [5.41, 5.74) is 2.26. The summed E-state index contributed by atoms with van der Waals surface area (Å²) in [4.78, 5) is 2.53. The van der Waals surface area contributed by atoms with E-state index in [9.17, 15) is 0 Å². The number of nitrogens with one attached hydrogen (secondary N) is 1. The van der Waals surface area contributed by atoms with Gasteiger partial charge in [0.2, 0.25) is 0 Å². The lowest BCUT2D eigenvalue weighted by molar-refractivity contribution is 0.282. The van der Waals surface area contributed by atoms with Gasteiger partial charge in [-0.15, -0.1) is 0 Å². The summed E-state index contributed by atoms with van der Waals surface area (Å²) in [6.45, 7) is 5.70. The van der Waals surface area contributed by atoms with Crippen molar-refractivity contribution in [1.82, 2.24) is 10.2 Å². The molecule has 3 nitrogen and oxygen atoms in total.